The molecular formula is C32H26N6O3. The summed E-state index contributed by atoms with van der Waals surface area (Å²) < 4.78 is 0. The fourth-order valence-electron chi connectivity index (χ4n) is 5.73. The van der Waals surface area contributed by atoms with E-state index in [1.807, 2.05) is 67.6 Å². The zero-order valence-electron chi connectivity index (χ0n) is 22.3. The quantitative estimate of drug-likeness (QED) is 0.338. The number of aryl methyl sites for hydroxylation is 1. The molecule has 7 rings (SSSR count). The largest absolute Gasteiger partial charge is 0.271 e. The van der Waals surface area contributed by atoms with E-state index in [2.05, 4.69) is 34.6 Å². The molecule has 3 amide bonds. The number of nitrogens with zero attached hydrogens (tertiary/aromatic N) is 6. The van der Waals surface area contributed by atoms with Gasteiger partial charge in [-0.25, -0.2) is 9.91 Å². The van der Waals surface area contributed by atoms with Gasteiger partial charge in [-0.3, -0.25) is 19.4 Å². The van der Waals surface area contributed by atoms with Gasteiger partial charge in [-0.2, -0.15) is 10.2 Å². The van der Waals surface area contributed by atoms with Gasteiger partial charge in [0.1, 0.15) is 6.54 Å². The van der Waals surface area contributed by atoms with E-state index in [1.165, 1.54) is 10.0 Å². The summed E-state index contributed by atoms with van der Waals surface area (Å²) in [5, 5.41) is 18.0. The summed E-state index contributed by atoms with van der Waals surface area (Å²) >= 11 is 0. The van der Waals surface area contributed by atoms with E-state index in [4.69, 9.17) is 5.10 Å². The van der Waals surface area contributed by atoms with Gasteiger partial charge >= 0.3 is 0 Å². The van der Waals surface area contributed by atoms with Crippen molar-refractivity contribution in [2.45, 2.75) is 31.5 Å². The first-order valence-electron chi connectivity index (χ1n) is 13.5. The molecule has 9 heteroatoms. The van der Waals surface area contributed by atoms with Gasteiger partial charge in [0, 0.05) is 6.42 Å². The van der Waals surface area contributed by atoms with E-state index >= 15 is 0 Å². The average Bonchev–Trinajstić information content (AvgIpc) is 3.69. The maximum Gasteiger partial charge on any atom is 0.264 e. The second-order valence-corrected chi connectivity index (χ2v) is 10.5. The average molecular weight is 543 g/mol. The number of amides is 3. The van der Waals surface area contributed by atoms with E-state index in [-0.39, 0.29) is 18.5 Å². The van der Waals surface area contributed by atoms with Crippen LogP contribution in [0.25, 0.3) is 10.8 Å². The molecule has 1 saturated heterocycles. The molecule has 0 aliphatic carbocycles. The van der Waals surface area contributed by atoms with Gasteiger partial charge < -0.3 is 0 Å². The number of carbonyl (C=O) groups excluding carboxylic acids is 3. The number of hydrogen-bond acceptors (Lipinski definition) is 7. The van der Waals surface area contributed by atoms with Crippen molar-refractivity contribution in [1.29, 1.82) is 0 Å². The molecule has 41 heavy (non-hydrogen) atoms. The highest BCUT2D eigenvalue weighted by atomic mass is 16.2. The molecule has 0 aromatic heterocycles. The van der Waals surface area contributed by atoms with Crippen molar-refractivity contribution in [2.75, 3.05) is 11.4 Å². The van der Waals surface area contributed by atoms with Crippen molar-refractivity contribution in [1.82, 2.24) is 10.0 Å². The first-order chi connectivity index (χ1) is 20.0. The highest BCUT2D eigenvalue weighted by molar-refractivity contribution is 6.25. The molecule has 9 nitrogen and oxygen atoms in total. The number of hydrogen-bond donors (Lipinski definition) is 0. The molecule has 0 N–H and O–H groups in total. The molecule has 0 radical (unpaired) electrons. The third-order valence-electron chi connectivity index (χ3n) is 7.88. The summed E-state index contributed by atoms with van der Waals surface area (Å²) in [7, 11) is 0. The van der Waals surface area contributed by atoms with Gasteiger partial charge in [0.25, 0.3) is 17.7 Å². The third kappa shape index (κ3) is 4.26. The second-order valence-electron chi connectivity index (χ2n) is 10.5. The van der Waals surface area contributed by atoms with Gasteiger partial charge in [0.2, 0.25) is 0 Å². The topological polar surface area (TPSA) is 98.0 Å². The monoisotopic (exact) mass is 542 g/mol. The molecule has 4 aromatic carbocycles. The van der Waals surface area contributed by atoms with Crippen LogP contribution in [0.5, 0.6) is 0 Å². The van der Waals surface area contributed by atoms with Crippen LogP contribution in [-0.2, 0) is 14.4 Å². The normalized spacial score (nSPS) is 21.6. The summed E-state index contributed by atoms with van der Waals surface area (Å²) in [5.74, 6) is -1.21. The third-order valence-corrected chi connectivity index (χ3v) is 7.88. The maximum atomic E-state index is 13.8. The molecule has 0 unspecified atom stereocenters. The fourth-order valence-corrected chi connectivity index (χ4v) is 5.73. The van der Waals surface area contributed by atoms with Crippen molar-refractivity contribution in [3.05, 3.63) is 114 Å². The van der Waals surface area contributed by atoms with E-state index in [9.17, 15) is 14.4 Å². The van der Waals surface area contributed by atoms with Crippen LogP contribution in [0, 0.1) is 6.92 Å². The Hall–Kier alpha value is -5.18. The number of hydrazone groups is 1. The molecule has 1 fully saturated rings. The standard InChI is InChI=1S/C32H26N6O3/c1-20-11-15-25(16-12-20)37-31(40)29-30(32(37)41)36(35-33-29)19-28(39)38-27(22-8-3-2-4-9-22)18-26(34-38)24-14-13-21-7-5-6-10-23(21)17-24/h2-17,27,29-30H,18-19H2,1H3/t27-,29+,30+/m1/s1. The van der Waals surface area contributed by atoms with Gasteiger partial charge in [-0.1, -0.05) is 89.6 Å². The number of imide groups is 1. The molecule has 3 aliphatic rings. The Morgan fingerprint density at radius 2 is 1.59 bits per heavy atom. The minimum Gasteiger partial charge on any atom is -0.271 e. The van der Waals surface area contributed by atoms with Crippen molar-refractivity contribution >= 4 is 39.9 Å². The predicted molar refractivity (Wildman–Crippen MR) is 154 cm³/mol. The summed E-state index contributed by atoms with van der Waals surface area (Å²) in [6.07, 6.45) is 0.542. The van der Waals surface area contributed by atoms with Crippen molar-refractivity contribution in [3.8, 4) is 0 Å². The van der Waals surface area contributed by atoms with Gasteiger partial charge in [-0.15, -0.1) is 0 Å². The van der Waals surface area contributed by atoms with E-state index < -0.39 is 23.9 Å². The lowest BCUT2D eigenvalue weighted by atomic mass is 9.97. The van der Waals surface area contributed by atoms with Crippen LogP contribution in [0.3, 0.4) is 0 Å². The molecule has 3 atom stereocenters. The lowest BCUT2D eigenvalue weighted by Gasteiger charge is -2.25. The number of carbonyl (C=O) groups is 3. The first kappa shape index (κ1) is 24.8. The highest BCUT2D eigenvalue weighted by Crippen LogP contribution is 2.35. The Kier molecular flexibility index (Phi) is 5.92. The van der Waals surface area contributed by atoms with E-state index in [0.29, 0.717) is 12.1 Å². The summed E-state index contributed by atoms with van der Waals surface area (Å²) in [6.45, 7) is 1.70. The summed E-state index contributed by atoms with van der Waals surface area (Å²) in [6, 6.07) is 29.0. The molecule has 202 valence electrons. The highest BCUT2D eigenvalue weighted by Gasteiger charge is 2.55. The second kappa shape index (κ2) is 9.78. The van der Waals surface area contributed by atoms with E-state index in [0.717, 1.165) is 38.1 Å². The van der Waals surface area contributed by atoms with Crippen LogP contribution in [0.2, 0.25) is 0 Å². The number of fused-ring (bicyclic) bond motifs is 2. The van der Waals surface area contributed by atoms with Gasteiger partial charge in [-0.05, 0) is 47.0 Å². The number of rotatable bonds is 5. The molecule has 3 aliphatic heterocycles. The van der Waals surface area contributed by atoms with Crippen LogP contribution >= 0.6 is 0 Å². The Bertz CT molecular complexity index is 1750. The Balaban J connectivity index is 1.16. The van der Waals surface area contributed by atoms with Crippen molar-refractivity contribution in [2.24, 2.45) is 15.4 Å². The van der Waals surface area contributed by atoms with Crippen LogP contribution in [0.1, 0.15) is 29.2 Å². The first-order valence-corrected chi connectivity index (χ1v) is 13.5. The van der Waals surface area contributed by atoms with Crippen molar-refractivity contribution in [3.63, 3.8) is 0 Å². The zero-order valence-corrected chi connectivity index (χ0v) is 22.3. The van der Waals surface area contributed by atoms with Crippen LogP contribution in [0.4, 0.5) is 5.69 Å². The molecule has 4 aromatic rings. The minimum atomic E-state index is -0.975. The Morgan fingerprint density at radius 3 is 2.37 bits per heavy atom. The Labute approximate surface area is 236 Å². The van der Waals surface area contributed by atoms with Crippen LogP contribution in [0.15, 0.2) is 113 Å². The molecule has 0 spiro atoms. The minimum absolute atomic E-state index is 0.233. The Morgan fingerprint density at radius 1 is 0.854 bits per heavy atom. The van der Waals surface area contributed by atoms with E-state index in [1.54, 1.807) is 12.1 Å². The summed E-state index contributed by atoms with van der Waals surface area (Å²) in [5.41, 5.74) is 4.21. The van der Waals surface area contributed by atoms with Crippen LogP contribution in [-0.4, -0.2) is 52.1 Å². The predicted octanol–water partition coefficient (Wildman–Crippen LogP) is 4.82. The van der Waals surface area contributed by atoms with Gasteiger partial charge in [0.15, 0.2) is 12.1 Å². The zero-order chi connectivity index (χ0) is 28.1. The summed E-state index contributed by atoms with van der Waals surface area (Å²) in [4.78, 5) is 41.5. The molecular weight excluding hydrogens is 516 g/mol. The lowest BCUT2D eigenvalue weighted by molar-refractivity contribution is -0.135. The lowest BCUT2D eigenvalue weighted by Crippen LogP contribution is -2.44. The fraction of sp³-hybridized carbons (Fsp3) is 0.188. The maximum absolute atomic E-state index is 13.8. The van der Waals surface area contributed by atoms with Gasteiger partial charge in [0.05, 0.1) is 17.4 Å². The molecule has 0 saturated carbocycles. The number of benzene rings is 4. The van der Waals surface area contributed by atoms with Crippen molar-refractivity contribution < 1.29 is 14.4 Å². The smallest absolute Gasteiger partial charge is 0.264 e. The SMILES string of the molecule is Cc1ccc(N2C(=O)[C@H]3N=NN(CC(=O)N4N=C(c5ccc6ccccc6c5)C[C@@H]4c4ccccc4)[C@@H]3C2=O)cc1. The number of anilines is 1. The van der Waals surface area contributed by atoms with Crippen LogP contribution < -0.4 is 4.90 Å². The molecule has 3 heterocycles. The molecule has 0 bridgehead atoms.